The molecule has 0 aliphatic rings. The van der Waals surface area contributed by atoms with E-state index in [1.165, 1.54) is 18.2 Å². The molecule has 4 heteroatoms. The molecule has 1 unspecified atom stereocenters. The lowest BCUT2D eigenvalue weighted by Gasteiger charge is -2.05. The van der Waals surface area contributed by atoms with Crippen molar-refractivity contribution in [1.29, 1.82) is 0 Å². The van der Waals surface area contributed by atoms with E-state index in [-0.39, 0.29) is 11.5 Å². The molecule has 0 bridgehead atoms. The maximum atomic E-state index is 13.1. The van der Waals surface area contributed by atoms with E-state index in [4.69, 9.17) is 0 Å². The van der Waals surface area contributed by atoms with Crippen LogP contribution in [0, 0.1) is 19.7 Å². The van der Waals surface area contributed by atoms with Gasteiger partial charge >= 0.3 is 0 Å². The summed E-state index contributed by atoms with van der Waals surface area (Å²) in [5, 5.41) is 0. The summed E-state index contributed by atoms with van der Waals surface area (Å²) in [5.41, 5.74) is 2.66. The van der Waals surface area contributed by atoms with E-state index in [0.29, 0.717) is 10.5 Å². The Kier molecular flexibility index (Phi) is 4.45. The van der Waals surface area contributed by atoms with Crippen molar-refractivity contribution >= 4 is 16.6 Å². The smallest absolute Gasteiger partial charge is 0.175 e. The molecule has 0 spiro atoms. The molecule has 0 saturated heterocycles. The Hall–Kier alpha value is -1.81. The molecule has 20 heavy (non-hydrogen) atoms. The summed E-state index contributed by atoms with van der Waals surface area (Å²) >= 11 is 0. The average Bonchev–Trinajstić information content (AvgIpc) is 2.41. The number of ketones is 1. The van der Waals surface area contributed by atoms with Gasteiger partial charge in [-0.15, -0.1) is 0 Å². The summed E-state index contributed by atoms with van der Waals surface area (Å²) < 4.78 is 25.1. The van der Waals surface area contributed by atoms with Crippen LogP contribution < -0.4 is 0 Å². The molecule has 104 valence electrons. The lowest BCUT2D eigenvalue weighted by molar-refractivity contribution is 0.102. The maximum Gasteiger partial charge on any atom is 0.175 e. The monoisotopic (exact) mass is 290 g/mol. The zero-order chi connectivity index (χ0) is 14.7. The normalized spacial score (nSPS) is 12.2. The van der Waals surface area contributed by atoms with Crippen molar-refractivity contribution in [3.05, 3.63) is 65.0 Å². The highest BCUT2D eigenvalue weighted by Gasteiger charge is 2.13. The Balaban J connectivity index is 2.15. The van der Waals surface area contributed by atoms with Gasteiger partial charge in [0.1, 0.15) is 5.82 Å². The Bertz CT molecular complexity index is 680. The number of carbonyl (C=O) groups is 1. The van der Waals surface area contributed by atoms with Crippen molar-refractivity contribution < 1.29 is 13.4 Å². The van der Waals surface area contributed by atoms with Crippen LogP contribution in [-0.2, 0) is 10.8 Å². The van der Waals surface area contributed by atoms with Crippen LogP contribution in [0.1, 0.15) is 21.5 Å². The predicted molar refractivity (Wildman–Crippen MR) is 77.9 cm³/mol. The summed E-state index contributed by atoms with van der Waals surface area (Å²) in [4.78, 5) is 12.4. The molecule has 2 nitrogen and oxygen atoms in total. The van der Waals surface area contributed by atoms with Gasteiger partial charge in [-0.05, 0) is 49.2 Å². The van der Waals surface area contributed by atoms with Crippen molar-refractivity contribution in [2.45, 2.75) is 18.7 Å². The molecule has 0 N–H and O–H groups in total. The molecule has 0 radical (unpaired) electrons. The van der Waals surface area contributed by atoms with Gasteiger partial charge in [-0.25, -0.2) is 4.39 Å². The van der Waals surface area contributed by atoms with Gasteiger partial charge in [0.2, 0.25) is 0 Å². The molecular weight excluding hydrogens is 275 g/mol. The van der Waals surface area contributed by atoms with E-state index < -0.39 is 16.6 Å². The van der Waals surface area contributed by atoms with Gasteiger partial charge < -0.3 is 0 Å². The fraction of sp³-hybridized carbons (Fsp3) is 0.188. The highest BCUT2D eigenvalue weighted by Crippen LogP contribution is 2.13. The fourth-order valence-corrected chi connectivity index (χ4v) is 2.86. The second-order valence-corrected chi connectivity index (χ2v) is 6.12. The summed E-state index contributed by atoms with van der Waals surface area (Å²) in [5.74, 6) is -0.781. The molecule has 1 atom stereocenters. The van der Waals surface area contributed by atoms with Crippen LogP contribution in [0.25, 0.3) is 0 Å². The minimum Gasteiger partial charge on any atom is -0.293 e. The van der Waals surface area contributed by atoms with Crippen molar-refractivity contribution in [1.82, 2.24) is 0 Å². The number of aryl methyl sites for hydroxylation is 2. The highest BCUT2D eigenvalue weighted by atomic mass is 32.2. The number of hydrogen-bond acceptors (Lipinski definition) is 2. The topological polar surface area (TPSA) is 34.1 Å². The molecule has 2 aromatic rings. The number of benzene rings is 2. The fourth-order valence-electron chi connectivity index (χ4n) is 1.81. The van der Waals surface area contributed by atoms with E-state index in [9.17, 15) is 13.4 Å². The largest absolute Gasteiger partial charge is 0.293 e. The predicted octanol–water partition coefficient (Wildman–Crippen LogP) is 3.43. The number of Topliss-reactive ketones (excluding diaryl/α,β-unsaturated/α-hetero) is 1. The molecule has 0 heterocycles. The van der Waals surface area contributed by atoms with Crippen molar-refractivity contribution in [3.63, 3.8) is 0 Å². The van der Waals surface area contributed by atoms with Gasteiger partial charge in [0, 0.05) is 10.5 Å². The SMILES string of the molecule is Cc1ccc(C(=O)CS(=O)c2cccc(F)c2)cc1C. The molecule has 2 rings (SSSR count). The van der Waals surface area contributed by atoms with Crippen LogP contribution in [0.3, 0.4) is 0 Å². The Morgan fingerprint density at radius 3 is 2.50 bits per heavy atom. The van der Waals surface area contributed by atoms with Gasteiger partial charge in [0.15, 0.2) is 5.78 Å². The first-order valence-corrected chi connectivity index (χ1v) is 7.53. The molecule has 0 aliphatic heterocycles. The highest BCUT2D eigenvalue weighted by molar-refractivity contribution is 7.85. The molecule has 0 saturated carbocycles. The van der Waals surface area contributed by atoms with Gasteiger partial charge in [0.05, 0.1) is 16.6 Å². The van der Waals surface area contributed by atoms with Crippen LogP contribution in [0.15, 0.2) is 47.4 Å². The Morgan fingerprint density at radius 1 is 1.10 bits per heavy atom. The van der Waals surface area contributed by atoms with Gasteiger partial charge in [-0.1, -0.05) is 18.2 Å². The van der Waals surface area contributed by atoms with Crippen LogP contribution in [0.4, 0.5) is 4.39 Å². The Labute approximate surface area is 120 Å². The first-order chi connectivity index (χ1) is 9.47. The third-order valence-corrected chi connectivity index (χ3v) is 4.45. The first-order valence-electron chi connectivity index (χ1n) is 6.22. The summed E-state index contributed by atoms with van der Waals surface area (Å²) in [6.07, 6.45) is 0. The lowest BCUT2D eigenvalue weighted by atomic mass is 10.0. The van der Waals surface area contributed by atoms with E-state index >= 15 is 0 Å². The third-order valence-electron chi connectivity index (χ3n) is 3.15. The van der Waals surface area contributed by atoms with Crippen LogP contribution in [-0.4, -0.2) is 15.7 Å². The van der Waals surface area contributed by atoms with E-state index in [1.807, 2.05) is 19.9 Å². The molecule has 0 aliphatic carbocycles. The minimum atomic E-state index is -1.53. The van der Waals surface area contributed by atoms with Gasteiger partial charge in [-0.3, -0.25) is 9.00 Å². The number of carbonyl (C=O) groups excluding carboxylic acids is 1. The number of halogens is 1. The second-order valence-electron chi connectivity index (χ2n) is 4.67. The second kappa shape index (κ2) is 6.09. The first kappa shape index (κ1) is 14.6. The number of rotatable bonds is 4. The molecular formula is C16H15FO2S. The minimum absolute atomic E-state index is 0.133. The quantitative estimate of drug-likeness (QED) is 0.808. The third kappa shape index (κ3) is 3.39. The van der Waals surface area contributed by atoms with Crippen molar-refractivity contribution in [2.75, 3.05) is 5.75 Å². The van der Waals surface area contributed by atoms with E-state index in [2.05, 4.69) is 0 Å². The Morgan fingerprint density at radius 2 is 1.85 bits per heavy atom. The van der Waals surface area contributed by atoms with Gasteiger partial charge in [-0.2, -0.15) is 0 Å². The summed E-state index contributed by atoms with van der Waals surface area (Å²) in [6.45, 7) is 3.89. The number of hydrogen-bond donors (Lipinski definition) is 0. The molecule has 0 fully saturated rings. The zero-order valence-electron chi connectivity index (χ0n) is 11.4. The van der Waals surface area contributed by atoms with Crippen molar-refractivity contribution in [2.24, 2.45) is 0 Å². The molecule has 0 aromatic heterocycles. The lowest BCUT2D eigenvalue weighted by Crippen LogP contribution is -2.11. The average molecular weight is 290 g/mol. The summed E-state index contributed by atoms with van der Waals surface area (Å²) in [6, 6.07) is 10.9. The van der Waals surface area contributed by atoms with E-state index in [0.717, 1.165) is 11.1 Å². The van der Waals surface area contributed by atoms with Crippen LogP contribution in [0.5, 0.6) is 0 Å². The standard InChI is InChI=1S/C16H15FO2S/c1-11-6-7-13(8-12(11)2)16(18)10-20(19)15-5-3-4-14(17)9-15/h3-9H,10H2,1-2H3. The van der Waals surface area contributed by atoms with Gasteiger partial charge in [0.25, 0.3) is 0 Å². The zero-order valence-corrected chi connectivity index (χ0v) is 12.2. The van der Waals surface area contributed by atoms with E-state index in [1.54, 1.807) is 18.2 Å². The molecule has 0 amide bonds. The van der Waals surface area contributed by atoms with Crippen LogP contribution >= 0.6 is 0 Å². The molecule has 2 aromatic carbocycles. The van der Waals surface area contributed by atoms with Crippen LogP contribution in [0.2, 0.25) is 0 Å². The van der Waals surface area contributed by atoms with Crippen molar-refractivity contribution in [3.8, 4) is 0 Å². The maximum absolute atomic E-state index is 13.1. The summed E-state index contributed by atoms with van der Waals surface area (Å²) in [7, 11) is -1.53.